The lowest BCUT2D eigenvalue weighted by Gasteiger charge is -2.04. The summed E-state index contributed by atoms with van der Waals surface area (Å²) >= 11 is 1.40. The molecule has 7 heteroatoms. The summed E-state index contributed by atoms with van der Waals surface area (Å²) in [6.45, 7) is 5.69. The summed E-state index contributed by atoms with van der Waals surface area (Å²) in [5, 5.41) is 9.43. The summed E-state index contributed by atoms with van der Waals surface area (Å²) in [4.78, 5) is 16.0. The van der Waals surface area contributed by atoms with Gasteiger partial charge in [-0.25, -0.2) is 4.98 Å². The number of nitrogen functional groups attached to an aromatic ring is 1. The number of rotatable bonds is 3. The van der Waals surface area contributed by atoms with Crippen molar-refractivity contribution >= 4 is 28.1 Å². The molecular weight excluding hydrogens is 250 g/mol. The molecule has 0 fully saturated rings. The van der Waals surface area contributed by atoms with Crippen molar-refractivity contribution in [3.05, 3.63) is 22.5 Å². The van der Waals surface area contributed by atoms with Gasteiger partial charge in [0.05, 0.1) is 22.8 Å². The van der Waals surface area contributed by atoms with Crippen LogP contribution in [-0.4, -0.2) is 20.7 Å². The maximum atomic E-state index is 11.8. The van der Waals surface area contributed by atoms with Gasteiger partial charge in [0.1, 0.15) is 6.54 Å². The Kier molecular flexibility index (Phi) is 3.33. The van der Waals surface area contributed by atoms with E-state index in [1.54, 1.807) is 4.68 Å². The molecule has 0 atom stereocenters. The van der Waals surface area contributed by atoms with Crippen LogP contribution in [0.15, 0.2) is 5.38 Å². The van der Waals surface area contributed by atoms with Crippen molar-refractivity contribution in [1.82, 2.24) is 14.8 Å². The highest BCUT2D eigenvalue weighted by molar-refractivity contribution is 7.13. The molecule has 18 heavy (non-hydrogen) atoms. The second-order valence-electron chi connectivity index (χ2n) is 4.08. The molecule has 96 valence electrons. The van der Waals surface area contributed by atoms with Crippen LogP contribution in [0.1, 0.15) is 17.1 Å². The zero-order valence-corrected chi connectivity index (χ0v) is 11.3. The number of amides is 1. The van der Waals surface area contributed by atoms with E-state index < -0.39 is 0 Å². The van der Waals surface area contributed by atoms with E-state index in [-0.39, 0.29) is 12.5 Å². The Morgan fingerprint density at radius 2 is 2.22 bits per heavy atom. The van der Waals surface area contributed by atoms with Gasteiger partial charge in [0.2, 0.25) is 5.91 Å². The number of thiazole rings is 1. The predicted octanol–water partition coefficient (Wildman–Crippen LogP) is 1.49. The predicted molar refractivity (Wildman–Crippen MR) is 71.6 cm³/mol. The van der Waals surface area contributed by atoms with E-state index in [0.717, 1.165) is 17.1 Å². The van der Waals surface area contributed by atoms with Crippen LogP contribution in [0.25, 0.3) is 0 Å². The minimum atomic E-state index is -0.157. The lowest BCUT2D eigenvalue weighted by atomic mass is 10.3. The van der Waals surface area contributed by atoms with Gasteiger partial charge in [-0.05, 0) is 20.8 Å². The molecule has 0 saturated carbocycles. The summed E-state index contributed by atoms with van der Waals surface area (Å²) in [6, 6.07) is 0. The van der Waals surface area contributed by atoms with Gasteiger partial charge in [-0.1, -0.05) is 0 Å². The standard InChI is InChI=1S/C11H15N5OS/c1-6-5-18-11(13-6)14-9(17)4-16-8(3)10(12)7(2)15-16/h5H,4,12H2,1-3H3,(H,13,14,17). The summed E-state index contributed by atoms with van der Waals surface area (Å²) in [5.41, 5.74) is 8.88. The van der Waals surface area contributed by atoms with Gasteiger partial charge < -0.3 is 11.1 Å². The minimum Gasteiger partial charge on any atom is -0.396 e. The third-order valence-corrected chi connectivity index (χ3v) is 3.47. The topological polar surface area (TPSA) is 85.8 Å². The minimum absolute atomic E-state index is 0.141. The number of nitrogens with two attached hydrogens (primary N) is 1. The van der Waals surface area contributed by atoms with Crippen LogP contribution in [0, 0.1) is 20.8 Å². The van der Waals surface area contributed by atoms with Crippen molar-refractivity contribution in [2.24, 2.45) is 0 Å². The smallest absolute Gasteiger partial charge is 0.247 e. The molecule has 0 spiro atoms. The summed E-state index contributed by atoms with van der Waals surface area (Å²) in [5.74, 6) is -0.157. The van der Waals surface area contributed by atoms with Gasteiger partial charge in [-0.15, -0.1) is 11.3 Å². The van der Waals surface area contributed by atoms with E-state index in [1.807, 2.05) is 26.2 Å². The number of aromatic nitrogens is 3. The number of nitrogens with zero attached hydrogens (tertiary/aromatic N) is 3. The molecule has 1 amide bonds. The SMILES string of the molecule is Cc1csc(NC(=O)Cn2nc(C)c(N)c2C)n1. The molecule has 0 aromatic carbocycles. The van der Waals surface area contributed by atoms with Crippen molar-refractivity contribution in [1.29, 1.82) is 0 Å². The molecule has 2 heterocycles. The average Bonchev–Trinajstić information content (AvgIpc) is 2.80. The van der Waals surface area contributed by atoms with Crippen LogP contribution >= 0.6 is 11.3 Å². The van der Waals surface area contributed by atoms with Gasteiger partial charge >= 0.3 is 0 Å². The van der Waals surface area contributed by atoms with Crippen LogP contribution in [0.5, 0.6) is 0 Å². The second-order valence-corrected chi connectivity index (χ2v) is 4.94. The molecule has 2 aromatic heterocycles. The summed E-state index contributed by atoms with van der Waals surface area (Å²) in [7, 11) is 0. The highest BCUT2D eigenvalue weighted by Gasteiger charge is 2.12. The van der Waals surface area contributed by atoms with Crippen molar-refractivity contribution in [3.8, 4) is 0 Å². The van der Waals surface area contributed by atoms with Gasteiger partial charge in [-0.2, -0.15) is 5.10 Å². The van der Waals surface area contributed by atoms with E-state index in [9.17, 15) is 4.79 Å². The highest BCUT2D eigenvalue weighted by Crippen LogP contribution is 2.16. The normalized spacial score (nSPS) is 10.6. The quantitative estimate of drug-likeness (QED) is 0.880. The van der Waals surface area contributed by atoms with Gasteiger partial charge in [-0.3, -0.25) is 9.48 Å². The molecule has 0 aliphatic heterocycles. The fourth-order valence-corrected chi connectivity index (χ4v) is 2.28. The Morgan fingerprint density at radius 3 is 2.72 bits per heavy atom. The largest absolute Gasteiger partial charge is 0.396 e. The Bertz CT molecular complexity index is 586. The maximum Gasteiger partial charge on any atom is 0.247 e. The van der Waals surface area contributed by atoms with Crippen molar-refractivity contribution in [2.45, 2.75) is 27.3 Å². The lowest BCUT2D eigenvalue weighted by molar-refractivity contribution is -0.116. The van der Waals surface area contributed by atoms with E-state index in [4.69, 9.17) is 5.73 Å². The highest BCUT2D eigenvalue weighted by atomic mass is 32.1. The molecule has 6 nitrogen and oxygen atoms in total. The van der Waals surface area contributed by atoms with Crippen molar-refractivity contribution in [3.63, 3.8) is 0 Å². The number of carbonyl (C=O) groups excluding carboxylic acids is 1. The van der Waals surface area contributed by atoms with E-state index in [0.29, 0.717) is 10.8 Å². The van der Waals surface area contributed by atoms with Gasteiger partial charge in [0.15, 0.2) is 5.13 Å². The number of carbonyl (C=O) groups is 1. The molecule has 3 N–H and O–H groups in total. The first-order valence-corrected chi connectivity index (χ1v) is 6.37. The molecule has 0 aliphatic carbocycles. The zero-order chi connectivity index (χ0) is 13.3. The van der Waals surface area contributed by atoms with Crippen molar-refractivity contribution in [2.75, 3.05) is 11.1 Å². The first-order valence-electron chi connectivity index (χ1n) is 5.49. The maximum absolute atomic E-state index is 11.8. The van der Waals surface area contributed by atoms with Gasteiger partial charge in [0.25, 0.3) is 0 Å². The summed E-state index contributed by atoms with van der Waals surface area (Å²) < 4.78 is 1.60. The Balaban J connectivity index is 2.05. The van der Waals surface area contributed by atoms with E-state index in [2.05, 4.69) is 15.4 Å². The van der Waals surface area contributed by atoms with Crippen LogP contribution in [0.4, 0.5) is 10.8 Å². The molecule has 2 rings (SSSR count). The Labute approximate surface area is 109 Å². The monoisotopic (exact) mass is 265 g/mol. The lowest BCUT2D eigenvalue weighted by Crippen LogP contribution is -2.20. The number of hydrogen-bond acceptors (Lipinski definition) is 5. The van der Waals surface area contributed by atoms with E-state index in [1.165, 1.54) is 11.3 Å². The number of hydrogen-bond donors (Lipinski definition) is 2. The number of nitrogens with one attached hydrogen (secondary N) is 1. The molecule has 0 unspecified atom stereocenters. The number of anilines is 2. The number of aryl methyl sites for hydroxylation is 2. The second kappa shape index (κ2) is 4.77. The van der Waals surface area contributed by atoms with Crippen LogP contribution in [-0.2, 0) is 11.3 Å². The summed E-state index contributed by atoms with van der Waals surface area (Å²) in [6.07, 6.45) is 0. The molecular formula is C11H15N5OS. The first-order chi connectivity index (χ1) is 8.47. The molecule has 0 aliphatic rings. The fourth-order valence-electron chi connectivity index (χ4n) is 1.57. The Morgan fingerprint density at radius 1 is 1.50 bits per heavy atom. The van der Waals surface area contributed by atoms with Crippen molar-refractivity contribution < 1.29 is 4.79 Å². The fraction of sp³-hybridized carbons (Fsp3) is 0.364. The van der Waals surface area contributed by atoms with Crippen LogP contribution in [0.3, 0.4) is 0 Å². The Hall–Kier alpha value is -1.89. The van der Waals surface area contributed by atoms with Gasteiger partial charge in [0, 0.05) is 5.38 Å². The molecule has 0 radical (unpaired) electrons. The third-order valence-electron chi connectivity index (χ3n) is 2.60. The van der Waals surface area contributed by atoms with Crippen LogP contribution < -0.4 is 11.1 Å². The zero-order valence-electron chi connectivity index (χ0n) is 10.5. The molecule has 0 bridgehead atoms. The van der Waals surface area contributed by atoms with Crippen LogP contribution in [0.2, 0.25) is 0 Å². The molecule has 0 saturated heterocycles. The third kappa shape index (κ3) is 2.51. The molecule has 2 aromatic rings. The first kappa shape index (κ1) is 12.6. The average molecular weight is 265 g/mol. The van der Waals surface area contributed by atoms with E-state index >= 15 is 0 Å².